The van der Waals surface area contributed by atoms with Crippen LogP contribution in [-0.2, 0) is 11.2 Å². The average molecular weight is 442 g/mol. The summed E-state index contributed by atoms with van der Waals surface area (Å²) in [6, 6.07) is 13.6. The maximum atomic E-state index is 12.5. The van der Waals surface area contributed by atoms with Crippen LogP contribution in [0.15, 0.2) is 52.2 Å². The third-order valence-electron chi connectivity index (χ3n) is 4.14. The lowest BCUT2D eigenvalue weighted by Gasteiger charge is -2.07. The lowest BCUT2D eigenvalue weighted by Crippen LogP contribution is -2.14. The van der Waals surface area contributed by atoms with Gasteiger partial charge in [-0.05, 0) is 43.5 Å². The first-order valence-electron chi connectivity index (χ1n) is 9.07. The Labute approximate surface area is 181 Å². The number of para-hydroxylation sites is 1. The van der Waals surface area contributed by atoms with Gasteiger partial charge in [-0.25, -0.2) is 9.97 Å². The third kappa shape index (κ3) is 4.60. The Bertz CT molecular complexity index is 1150. The number of fused-ring (bicyclic) bond motifs is 1. The first-order chi connectivity index (χ1) is 14.2. The lowest BCUT2D eigenvalue weighted by molar-refractivity contribution is -0.115. The molecule has 2 aromatic carbocycles. The van der Waals surface area contributed by atoms with Crippen molar-refractivity contribution in [2.24, 2.45) is 0 Å². The SMILES string of the molecule is CCOc1ccccc1-c1nc(CC(=O)Nc2ccc3nc(SC)sc3c2)cs1. The van der Waals surface area contributed by atoms with Crippen LogP contribution < -0.4 is 10.1 Å². The molecule has 0 fully saturated rings. The number of anilines is 1. The number of carbonyl (C=O) groups excluding carboxylic acids is 1. The number of hydrogen-bond donors (Lipinski definition) is 1. The molecule has 0 spiro atoms. The molecule has 0 unspecified atom stereocenters. The Morgan fingerprint density at radius 1 is 1.21 bits per heavy atom. The Balaban J connectivity index is 1.46. The minimum Gasteiger partial charge on any atom is -0.493 e. The van der Waals surface area contributed by atoms with Gasteiger partial charge in [-0.15, -0.1) is 22.7 Å². The van der Waals surface area contributed by atoms with E-state index in [1.165, 1.54) is 11.3 Å². The molecular weight excluding hydrogens is 422 g/mol. The molecule has 0 saturated carbocycles. The van der Waals surface area contributed by atoms with Crippen LogP contribution in [-0.4, -0.2) is 28.7 Å². The van der Waals surface area contributed by atoms with E-state index < -0.39 is 0 Å². The number of rotatable bonds is 7. The largest absolute Gasteiger partial charge is 0.493 e. The average Bonchev–Trinajstić information content (AvgIpc) is 3.35. The fraction of sp³-hybridized carbons (Fsp3) is 0.190. The zero-order chi connectivity index (χ0) is 20.2. The third-order valence-corrected chi connectivity index (χ3v) is 7.07. The van der Waals surface area contributed by atoms with Crippen LogP contribution in [0.1, 0.15) is 12.6 Å². The number of thioether (sulfide) groups is 1. The zero-order valence-corrected chi connectivity index (χ0v) is 18.4. The Hall–Kier alpha value is -2.42. The van der Waals surface area contributed by atoms with Gasteiger partial charge in [0.25, 0.3) is 0 Å². The van der Waals surface area contributed by atoms with Crippen LogP contribution in [0.5, 0.6) is 5.75 Å². The first-order valence-corrected chi connectivity index (χ1v) is 12.0. The minimum atomic E-state index is -0.0890. The minimum absolute atomic E-state index is 0.0890. The summed E-state index contributed by atoms with van der Waals surface area (Å²) in [6.45, 7) is 2.56. The molecule has 1 N–H and O–H groups in total. The summed E-state index contributed by atoms with van der Waals surface area (Å²) >= 11 is 4.77. The van der Waals surface area contributed by atoms with E-state index in [9.17, 15) is 4.79 Å². The fourth-order valence-corrected chi connectivity index (χ4v) is 5.25. The molecule has 0 aliphatic heterocycles. The molecule has 2 heterocycles. The van der Waals surface area contributed by atoms with Crippen molar-refractivity contribution >= 4 is 56.2 Å². The second kappa shape index (κ2) is 8.94. The topological polar surface area (TPSA) is 64.1 Å². The van der Waals surface area contributed by atoms with Crippen LogP contribution in [0.3, 0.4) is 0 Å². The molecule has 29 heavy (non-hydrogen) atoms. The number of nitrogens with zero attached hydrogens (tertiary/aromatic N) is 2. The highest BCUT2D eigenvalue weighted by Gasteiger charge is 2.13. The molecule has 0 aliphatic rings. The summed E-state index contributed by atoms with van der Waals surface area (Å²) in [4.78, 5) is 21.7. The van der Waals surface area contributed by atoms with Gasteiger partial charge in [-0.2, -0.15) is 0 Å². The van der Waals surface area contributed by atoms with Crippen LogP contribution in [0, 0.1) is 0 Å². The molecule has 0 bridgehead atoms. The number of nitrogens with one attached hydrogen (secondary N) is 1. The molecule has 148 valence electrons. The van der Waals surface area contributed by atoms with E-state index in [-0.39, 0.29) is 12.3 Å². The van der Waals surface area contributed by atoms with Crippen molar-refractivity contribution in [1.82, 2.24) is 9.97 Å². The summed E-state index contributed by atoms with van der Waals surface area (Å²) < 4.78 is 7.77. The first kappa shape index (κ1) is 19.9. The standard InChI is InChI=1S/C21H19N3O2S3/c1-3-26-17-7-5-4-6-15(17)20-23-14(12-28-20)11-19(25)22-13-8-9-16-18(10-13)29-21(24-16)27-2/h4-10,12H,3,11H2,1-2H3,(H,22,25). The number of aromatic nitrogens is 2. The molecule has 4 aromatic rings. The summed E-state index contributed by atoms with van der Waals surface area (Å²) in [6.07, 6.45) is 2.24. The molecule has 4 rings (SSSR count). The van der Waals surface area contributed by atoms with Crippen LogP contribution in [0.25, 0.3) is 20.8 Å². The number of amides is 1. The van der Waals surface area contributed by atoms with Crippen LogP contribution in [0.2, 0.25) is 0 Å². The van der Waals surface area contributed by atoms with E-state index in [0.29, 0.717) is 6.61 Å². The van der Waals surface area contributed by atoms with E-state index in [1.54, 1.807) is 23.1 Å². The van der Waals surface area contributed by atoms with Crippen molar-refractivity contribution in [3.63, 3.8) is 0 Å². The number of hydrogen-bond acceptors (Lipinski definition) is 7. The zero-order valence-electron chi connectivity index (χ0n) is 16.0. The quantitative estimate of drug-likeness (QED) is 0.372. The van der Waals surface area contributed by atoms with E-state index in [0.717, 1.165) is 42.3 Å². The van der Waals surface area contributed by atoms with E-state index >= 15 is 0 Å². The highest BCUT2D eigenvalue weighted by atomic mass is 32.2. The number of ether oxygens (including phenoxy) is 1. The van der Waals surface area contributed by atoms with Crippen molar-refractivity contribution in [1.29, 1.82) is 0 Å². The molecule has 5 nitrogen and oxygen atoms in total. The van der Waals surface area contributed by atoms with E-state index in [1.807, 2.05) is 61.0 Å². The monoisotopic (exact) mass is 441 g/mol. The van der Waals surface area contributed by atoms with Crippen molar-refractivity contribution < 1.29 is 9.53 Å². The molecule has 2 aromatic heterocycles. The number of thiazole rings is 2. The Morgan fingerprint density at radius 2 is 2.07 bits per heavy atom. The molecular formula is C21H19N3O2S3. The Morgan fingerprint density at radius 3 is 2.90 bits per heavy atom. The van der Waals surface area contributed by atoms with E-state index in [4.69, 9.17) is 4.74 Å². The van der Waals surface area contributed by atoms with Crippen LogP contribution in [0.4, 0.5) is 5.69 Å². The van der Waals surface area contributed by atoms with Crippen molar-refractivity contribution in [2.75, 3.05) is 18.2 Å². The van der Waals surface area contributed by atoms with Crippen LogP contribution >= 0.6 is 34.4 Å². The molecule has 0 saturated heterocycles. The predicted octanol–water partition coefficient (Wildman–Crippen LogP) is 5.72. The maximum Gasteiger partial charge on any atom is 0.230 e. The number of carbonyl (C=O) groups is 1. The van der Waals surface area contributed by atoms with Gasteiger partial charge in [0, 0.05) is 11.1 Å². The van der Waals surface area contributed by atoms with Gasteiger partial charge in [-0.3, -0.25) is 4.79 Å². The van der Waals surface area contributed by atoms with Gasteiger partial charge < -0.3 is 10.1 Å². The van der Waals surface area contributed by atoms with Gasteiger partial charge in [-0.1, -0.05) is 23.9 Å². The second-order valence-electron chi connectivity index (χ2n) is 6.16. The summed E-state index contributed by atoms with van der Waals surface area (Å²) in [7, 11) is 0. The number of benzene rings is 2. The van der Waals surface area contributed by atoms with Crippen molar-refractivity contribution in [3.8, 4) is 16.3 Å². The summed E-state index contributed by atoms with van der Waals surface area (Å²) in [5.41, 5.74) is 3.42. The lowest BCUT2D eigenvalue weighted by atomic mass is 10.2. The molecule has 1 amide bonds. The fourth-order valence-electron chi connectivity index (χ4n) is 2.87. The van der Waals surface area contributed by atoms with Gasteiger partial charge in [0.1, 0.15) is 10.8 Å². The molecule has 0 atom stereocenters. The summed E-state index contributed by atoms with van der Waals surface area (Å²) in [5.74, 6) is 0.719. The Kier molecular flexibility index (Phi) is 6.13. The van der Waals surface area contributed by atoms with Crippen molar-refractivity contribution in [2.45, 2.75) is 17.7 Å². The second-order valence-corrected chi connectivity index (χ2v) is 9.11. The molecule has 0 radical (unpaired) electrons. The van der Waals surface area contributed by atoms with Gasteiger partial charge >= 0.3 is 0 Å². The highest BCUT2D eigenvalue weighted by Crippen LogP contribution is 2.33. The van der Waals surface area contributed by atoms with Crippen molar-refractivity contribution in [3.05, 3.63) is 53.5 Å². The van der Waals surface area contributed by atoms with Gasteiger partial charge in [0.05, 0.1) is 34.5 Å². The van der Waals surface area contributed by atoms with Gasteiger partial charge in [0.15, 0.2) is 4.34 Å². The smallest absolute Gasteiger partial charge is 0.230 e. The molecule has 0 aliphatic carbocycles. The molecule has 8 heteroatoms. The predicted molar refractivity (Wildman–Crippen MR) is 122 cm³/mol. The summed E-state index contributed by atoms with van der Waals surface area (Å²) in [5, 5.41) is 5.74. The van der Waals surface area contributed by atoms with E-state index in [2.05, 4.69) is 15.3 Å². The highest BCUT2D eigenvalue weighted by molar-refractivity contribution is 8.00. The van der Waals surface area contributed by atoms with Gasteiger partial charge in [0.2, 0.25) is 5.91 Å². The normalized spacial score (nSPS) is 11.0. The maximum absolute atomic E-state index is 12.5.